The predicted molar refractivity (Wildman–Crippen MR) is 122 cm³/mol. The highest BCUT2D eigenvalue weighted by Gasteiger charge is 2.31. The first-order chi connectivity index (χ1) is 14.6. The van der Waals surface area contributed by atoms with Crippen molar-refractivity contribution in [2.24, 2.45) is 5.92 Å². The summed E-state index contributed by atoms with van der Waals surface area (Å²) in [7, 11) is 0. The van der Waals surface area contributed by atoms with Crippen LogP contribution in [0.4, 0.5) is 4.39 Å². The van der Waals surface area contributed by atoms with Crippen molar-refractivity contribution >= 4 is 0 Å². The van der Waals surface area contributed by atoms with Gasteiger partial charge in [0.2, 0.25) is 0 Å². The topological polar surface area (TPSA) is 47.8 Å². The van der Waals surface area contributed by atoms with Crippen molar-refractivity contribution < 1.29 is 5.82 Å². The summed E-state index contributed by atoms with van der Waals surface area (Å²) in [6.07, 6.45) is 6.11. The van der Waals surface area contributed by atoms with Gasteiger partial charge in [-0.2, -0.15) is 5.26 Å². The molecule has 2 aromatic rings. The SMILES string of the molecule is CCN[C@@H]1C[C@@H](C)CC[C@H]1NCc1cccc(-c2ccc(C#N)c(F)c2)c1C1CC1.[HH]. The predicted octanol–water partition coefficient (Wildman–Crippen LogP) is 5.74. The van der Waals surface area contributed by atoms with Crippen molar-refractivity contribution in [3.63, 3.8) is 0 Å². The largest absolute Gasteiger partial charge is 0.313 e. The zero-order valence-corrected chi connectivity index (χ0v) is 18.0. The molecular formula is C26H34FN3. The maximum Gasteiger partial charge on any atom is 0.141 e. The Bertz CT molecular complexity index is 935. The Morgan fingerprint density at radius 3 is 2.63 bits per heavy atom. The van der Waals surface area contributed by atoms with Crippen molar-refractivity contribution in [2.45, 2.75) is 70.5 Å². The summed E-state index contributed by atoms with van der Waals surface area (Å²) in [4.78, 5) is 0. The number of halogens is 1. The van der Waals surface area contributed by atoms with Crippen LogP contribution in [0.1, 0.15) is 70.0 Å². The molecule has 2 fully saturated rings. The first-order valence-electron chi connectivity index (χ1n) is 11.4. The van der Waals surface area contributed by atoms with Crippen LogP contribution >= 0.6 is 0 Å². The highest BCUT2D eigenvalue weighted by Crippen LogP contribution is 2.46. The molecule has 0 radical (unpaired) electrons. The molecule has 4 heteroatoms. The normalized spacial score (nSPS) is 23.9. The lowest BCUT2D eigenvalue weighted by Crippen LogP contribution is -2.51. The number of rotatable bonds is 7. The van der Waals surface area contributed by atoms with E-state index in [9.17, 15) is 4.39 Å². The van der Waals surface area contributed by atoms with Crippen LogP contribution in [0.2, 0.25) is 0 Å². The summed E-state index contributed by atoms with van der Waals surface area (Å²) < 4.78 is 14.3. The molecule has 30 heavy (non-hydrogen) atoms. The molecule has 3 nitrogen and oxygen atoms in total. The molecule has 0 bridgehead atoms. The monoisotopic (exact) mass is 407 g/mol. The molecule has 160 valence electrons. The van der Waals surface area contributed by atoms with E-state index in [0.717, 1.165) is 30.1 Å². The van der Waals surface area contributed by atoms with Gasteiger partial charge in [0, 0.05) is 20.1 Å². The van der Waals surface area contributed by atoms with Gasteiger partial charge in [0.15, 0.2) is 0 Å². The highest BCUT2D eigenvalue weighted by molar-refractivity contribution is 5.71. The van der Waals surface area contributed by atoms with Crippen LogP contribution in [0.25, 0.3) is 11.1 Å². The van der Waals surface area contributed by atoms with Gasteiger partial charge >= 0.3 is 0 Å². The zero-order chi connectivity index (χ0) is 21.1. The molecule has 0 aromatic heterocycles. The minimum absolute atomic E-state index is 0. The van der Waals surface area contributed by atoms with Crippen molar-refractivity contribution in [3.05, 3.63) is 58.9 Å². The van der Waals surface area contributed by atoms with Crippen molar-refractivity contribution in [1.29, 1.82) is 5.26 Å². The smallest absolute Gasteiger partial charge is 0.141 e. The Labute approximate surface area is 181 Å². The number of likely N-dealkylation sites (N-methyl/N-ethyl adjacent to an activating group) is 1. The van der Waals surface area contributed by atoms with Gasteiger partial charge in [-0.15, -0.1) is 0 Å². The maximum absolute atomic E-state index is 14.3. The Morgan fingerprint density at radius 2 is 1.93 bits per heavy atom. The zero-order valence-electron chi connectivity index (χ0n) is 18.0. The Kier molecular flexibility index (Phi) is 6.51. The molecule has 2 N–H and O–H groups in total. The number of nitriles is 1. The molecule has 4 rings (SSSR count). The van der Waals surface area contributed by atoms with Crippen molar-refractivity contribution in [3.8, 4) is 17.2 Å². The van der Waals surface area contributed by atoms with E-state index in [1.807, 2.05) is 12.1 Å². The lowest BCUT2D eigenvalue weighted by Gasteiger charge is -2.36. The van der Waals surface area contributed by atoms with Gasteiger partial charge in [0.1, 0.15) is 11.9 Å². The Balaban J connectivity index is 0.00000272. The van der Waals surface area contributed by atoms with Gasteiger partial charge in [-0.25, -0.2) is 4.39 Å². The Morgan fingerprint density at radius 1 is 1.10 bits per heavy atom. The summed E-state index contributed by atoms with van der Waals surface area (Å²) in [5, 5.41) is 16.6. The second-order valence-electron chi connectivity index (χ2n) is 9.03. The third-order valence-electron chi connectivity index (χ3n) is 6.72. The maximum atomic E-state index is 14.3. The van der Waals surface area contributed by atoms with Gasteiger partial charge in [-0.1, -0.05) is 38.1 Å². The lowest BCUT2D eigenvalue weighted by atomic mass is 9.83. The molecule has 3 atom stereocenters. The van der Waals surface area contributed by atoms with E-state index >= 15 is 0 Å². The van der Waals surface area contributed by atoms with Gasteiger partial charge in [0.05, 0.1) is 5.56 Å². The third-order valence-corrected chi connectivity index (χ3v) is 6.72. The lowest BCUT2D eigenvalue weighted by molar-refractivity contribution is 0.237. The van der Waals surface area contributed by atoms with Gasteiger partial charge in [-0.05, 0) is 84.9 Å². The van der Waals surface area contributed by atoms with E-state index in [0.29, 0.717) is 18.0 Å². The average molecular weight is 408 g/mol. The summed E-state index contributed by atoms with van der Waals surface area (Å²) in [5.74, 6) is 0.904. The fourth-order valence-corrected chi connectivity index (χ4v) is 5.00. The molecule has 0 amide bonds. The van der Waals surface area contributed by atoms with E-state index in [1.54, 1.807) is 6.07 Å². The van der Waals surface area contributed by atoms with E-state index in [-0.39, 0.29) is 6.99 Å². The van der Waals surface area contributed by atoms with Crippen LogP contribution in [0.15, 0.2) is 36.4 Å². The number of hydrogen-bond acceptors (Lipinski definition) is 3. The molecule has 0 saturated heterocycles. The minimum atomic E-state index is -0.440. The van der Waals surface area contributed by atoms with E-state index in [2.05, 4.69) is 42.7 Å². The summed E-state index contributed by atoms with van der Waals surface area (Å²) in [6.45, 7) is 6.38. The fraction of sp³-hybridized carbons (Fsp3) is 0.500. The second kappa shape index (κ2) is 9.29. The van der Waals surface area contributed by atoms with Gasteiger partial charge in [0.25, 0.3) is 0 Å². The second-order valence-corrected chi connectivity index (χ2v) is 9.03. The highest BCUT2D eigenvalue weighted by atomic mass is 19.1. The molecular weight excluding hydrogens is 373 g/mol. The molecule has 0 heterocycles. The van der Waals surface area contributed by atoms with E-state index in [4.69, 9.17) is 5.26 Å². The molecule has 2 saturated carbocycles. The molecule has 2 aliphatic carbocycles. The standard InChI is InChI=1S/C26H32FN3.H2/c1-3-29-25-13-17(2)7-12-24(25)30-16-21-5-4-6-22(26(21)18-8-9-18)19-10-11-20(15-28)23(27)14-19;/h4-6,10-11,14,17-18,24-25,29-30H,3,7-9,12-13,16H2,1-2H3;1H/t17-,24+,25+;/m0./s1. The van der Waals surface area contributed by atoms with Crippen molar-refractivity contribution in [2.75, 3.05) is 6.54 Å². The number of nitrogens with zero attached hydrogens (tertiary/aromatic N) is 1. The fourth-order valence-electron chi connectivity index (χ4n) is 5.00. The van der Waals surface area contributed by atoms with Crippen LogP contribution in [0.3, 0.4) is 0 Å². The Hall–Kier alpha value is -2.22. The minimum Gasteiger partial charge on any atom is -0.313 e. The molecule has 0 unspecified atom stereocenters. The summed E-state index contributed by atoms with van der Waals surface area (Å²) >= 11 is 0. The molecule has 2 aromatic carbocycles. The number of benzene rings is 2. The van der Waals surface area contributed by atoms with Gasteiger partial charge in [-0.3, -0.25) is 0 Å². The molecule has 0 aliphatic heterocycles. The van der Waals surface area contributed by atoms with Crippen LogP contribution < -0.4 is 10.6 Å². The molecule has 2 aliphatic rings. The van der Waals surface area contributed by atoms with E-state index in [1.165, 1.54) is 49.3 Å². The first kappa shape index (κ1) is 21.0. The van der Waals surface area contributed by atoms with Crippen LogP contribution in [-0.2, 0) is 6.54 Å². The number of nitrogens with one attached hydrogen (secondary N) is 2. The number of hydrogen-bond donors (Lipinski definition) is 2. The van der Waals surface area contributed by atoms with Crippen LogP contribution in [-0.4, -0.2) is 18.6 Å². The van der Waals surface area contributed by atoms with Crippen molar-refractivity contribution in [1.82, 2.24) is 10.6 Å². The average Bonchev–Trinajstić information content (AvgIpc) is 3.58. The quantitative estimate of drug-likeness (QED) is 0.615. The third kappa shape index (κ3) is 4.58. The van der Waals surface area contributed by atoms with Gasteiger partial charge < -0.3 is 10.6 Å². The van der Waals surface area contributed by atoms with Crippen LogP contribution in [0.5, 0.6) is 0 Å². The van der Waals surface area contributed by atoms with Crippen LogP contribution in [0, 0.1) is 23.1 Å². The van der Waals surface area contributed by atoms with E-state index < -0.39 is 5.82 Å². The summed E-state index contributed by atoms with van der Waals surface area (Å²) in [5.41, 5.74) is 4.77. The summed E-state index contributed by atoms with van der Waals surface area (Å²) in [6, 6.07) is 14.3. The molecule has 0 spiro atoms. The first-order valence-corrected chi connectivity index (χ1v) is 11.4.